The first-order chi connectivity index (χ1) is 6.72. The third-order valence-electron chi connectivity index (χ3n) is 1.35. The molecule has 0 aliphatic rings. The average molecular weight is 218 g/mol. The summed E-state index contributed by atoms with van der Waals surface area (Å²) in [5, 5.41) is 0. The molecule has 14 heavy (non-hydrogen) atoms. The van der Waals surface area contributed by atoms with E-state index in [1.807, 2.05) is 0 Å². The molecule has 1 rings (SSSR count). The summed E-state index contributed by atoms with van der Waals surface area (Å²) in [5.41, 5.74) is -0.0156. The van der Waals surface area contributed by atoms with Gasteiger partial charge in [0.1, 0.15) is 5.69 Å². The molecule has 0 saturated carbocycles. The van der Waals surface area contributed by atoms with Crippen LogP contribution in [-0.2, 0) is 4.74 Å². The highest BCUT2D eigenvalue weighted by molar-refractivity contribution is 7.92. The van der Waals surface area contributed by atoms with E-state index in [0.29, 0.717) is 6.29 Å². The summed E-state index contributed by atoms with van der Waals surface area (Å²) in [6.45, 7) is 1.79. The van der Waals surface area contributed by atoms with Crippen LogP contribution in [0.4, 0.5) is 3.89 Å². The molecule has 0 radical (unpaired) electrons. The Kier molecular flexibility index (Phi) is 3.63. The highest BCUT2D eigenvalue weighted by atomic mass is 32.2. The lowest BCUT2D eigenvalue weighted by atomic mass is 10.5. The number of ether oxygens (including phenoxy) is 1. The van der Waals surface area contributed by atoms with Gasteiger partial charge < -0.3 is 4.74 Å². The Morgan fingerprint density at radius 1 is 1.86 bits per heavy atom. The van der Waals surface area contributed by atoms with Gasteiger partial charge in [0.05, 0.1) is 6.61 Å². The van der Waals surface area contributed by atoms with Crippen LogP contribution in [0.1, 0.15) is 28.0 Å². The van der Waals surface area contributed by atoms with Crippen LogP contribution in [0, 0.1) is 0 Å². The van der Waals surface area contributed by atoms with E-state index >= 15 is 0 Å². The van der Waals surface area contributed by atoms with Crippen LogP contribution in [0.5, 0.6) is 0 Å². The Morgan fingerprint density at radius 2 is 2.57 bits per heavy atom. The fourth-order valence-electron chi connectivity index (χ4n) is 0.822. The predicted molar refractivity (Wildman–Crippen MR) is 47.7 cm³/mol. The van der Waals surface area contributed by atoms with Crippen molar-refractivity contribution in [2.24, 2.45) is 0 Å². The molecule has 7 heteroatoms. The van der Waals surface area contributed by atoms with Gasteiger partial charge in [0, 0.05) is 6.20 Å². The summed E-state index contributed by atoms with van der Waals surface area (Å²) in [6.07, 6.45) is 1.54. The smallest absolute Gasteiger partial charge is 0.375 e. The predicted octanol–water partition coefficient (Wildman–Crippen LogP) is 1.25. The van der Waals surface area contributed by atoms with Crippen molar-refractivity contribution >= 4 is 24.6 Å². The van der Waals surface area contributed by atoms with Crippen LogP contribution in [0.25, 0.3) is 0 Å². The second-order valence-corrected chi connectivity index (χ2v) is 2.75. The van der Waals surface area contributed by atoms with Crippen molar-refractivity contribution in [2.75, 3.05) is 6.61 Å². The number of hydrogen-bond acceptors (Lipinski definition) is 5. The maximum atomic E-state index is 12.3. The fraction of sp³-hybridized carbons (Fsp3) is 0.286. The van der Waals surface area contributed by atoms with Crippen molar-refractivity contribution in [3.8, 4) is 0 Å². The first-order valence-electron chi connectivity index (χ1n) is 3.73. The SMILES string of the molecule is CCOC(=O)c1nc(C=O)cn1SF. The van der Waals surface area contributed by atoms with Crippen LogP contribution in [0.3, 0.4) is 0 Å². The van der Waals surface area contributed by atoms with E-state index in [4.69, 9.17) is 0 Å². The molecule has 0 aliphatic carbocycles. The molecule has 76 valence electrons. The molecule has 0 spiro atoms. The quantitative estimate of drug-likeness (QED) is 0.562. The van der Waals surface area contributed by atoms with Crippen molar-refractivity contribution in [3.05, 3.63) is 17.7 Å². The lowest BCUT2D eigenvalue weighted by molar-refractivity contribution is 0.0511. The highest BCUT2D eigenvalue weighted by Gasteiger charge is 2.17. The van der Waals surface area contributed by atoms with Crippen molar-refractivity contribution in [1.29, 1.82) is 0 Å². The van der Waals surface area contributed by atoms with Gasteiger partial charge in [-0.15, -0.1) is 3.89 Å². The summed E-state index contributed by atoms with van der Waals surface area (Å²) >= 11 is -0.220. The van der Waals surface area contributed by atoms with Crippen LogP contribution in [0.2, 0.25) is 0 Å². The molecule has 1 aromatic rings. The molecule has 0 unspecified atom stereocenters. The number of esters is 1. The summed E-state index contributed by atoms with van der Waals surface area (Å²) in [5.74, 6) is -0.993. The number of hydrogen-bond donors (Lipinski definition) is 0. The largest absolute Gasteiger partial charge is 0.460 e. The minimum atomic E-state index is -0.759. The molecule has 0 aromatic carbocycles. The molecule has 0 aliphatic heterocycles. The number of carbonyl (C=O) groups is 2. The van der Waals surface area contributed by atoms with Gasteiger partial charge in [0.25, 0.3) is 0 Å². The summed E-state index contributed by atoms with van der Waals surface area (Å²) in [7, 11) is 0. The highest BCUT2D eigenvalue weighted by Crippen LogP contribution is 2.13. The zero-order valence-corrected chi connectivity index (χ0v) is 8.08. The van der Waals surface area contributed by atoms with Gasteiger partial charge in [0.2, 0.25) is 5.82 Å². The maximum Gasteiger partial charge on any atom is 0.375 e. The Bertz CT molecular complexity index is 353. The molecule has 1 heterocycles. The van der Waals surface area contributed by atoms with E-state index < -0.39 is 5.97 Å². The maximum absolute atomic E-state index is 12.3. The standard InChI is InChI=1S/C7H7FN2O3S/c1-2-13-7(12)6-9-5(4-11)3-10(6)14-8/h3-4H,2H2,1H3. The first-order valence-corrected chi connectivity index (χ1v) is 4.41. The lowest BCUT2D eigenvalue weighted by Crippen LogP contribution is -2.09. The van der Waals surface area contributed by atoms with Gasteiger partial charge in [0.15, 0.2) is 18.6 Å². The van der Waals surface area contributed by atoms with E-state index in [1.54, 1.807) is 6.92 Å². The van der Waals surface area contributed by atoms with Gasteiger partial charge >= 0.3 is 5.97 Å². The monoisotopic (exact) mass is 218 g/mol. The zero-order chi connectivity index (χ0) is 10.6. The Morgan fingerprint density at radius 3 is 3.07 bits per heavy atom. The van der Waals surface area contributed by atoms with Crippen LogP contribution < -0.4 is 0 Å². The van der Waals surface area contributed by atoms with Crippen LogP contribution in [-0.4, -0.2) is 27.8 Å². The number of aromatic nitrogens is 2. The molecular formula is C7H7FN2O3S. The fourth-order valence-corrected chi connectivity index (χ4v) is 1.15. The minimum Gasteiger partial charge on any atom is -0.460 e. The number of aldehydes is 1. The van der Waals surface area contributed by atoms with Crippen LogP contribution in [0.15, 0.2) is 6.20 Å². The molecule has 5 nitrogen and oxygen atoms in total. The second-order valence-electron chi connectivity index (χ2n) is 2.22. The van der Waals surface area contributed by atoms with E-state index in [-0.39, 0.29) is 30.5 Å². The third kappa shape index (κ3) is 2.11. The summed E-state index contributed by atoms with van der Waals surface area (Å²) in [4.78, 5) is 25.0. The van der Waals surface area contributed by atoms with Crippen molar-refractivity contribution in [1.82, 2.24) is 8.96 Å². The third-order valence-corrected chi connectivity index (χ3v) is 1.77. The van der Waals surface area contributed by atoms with E-state index in [0.717, 1.165) is 10.2 Å². The van der Waals surface area contributed by atoms with Crippen molar-refractivity contribution in [3.63, 3.8) is 0 Å². The Hall–Kier alpha value is -1.37. The number of carbonyl (C=O) groups excluding carboxylic acids is 2. The second kappa shape index (κ2) is 4.75. The number of rotatable bonds is 4. The topological polar surface area (TPSA) is 61.2 Å². The molecule has 0 fully saturated rings. The number of halogens is 1. The molecule has 0 saturated heterocycles. The first kappa shape index (κ1) is 10.7. The van der Waals surface area contributed by atoms with Gasteiger partial charge in [-0.25, -0.2) is 13.8 Å². The summed E-state index contributed by atoms with van der Waals surface area (Å²) in [6, 6.07) is 0. The number of nitrogens with zero attached hydrogens (tertiary/aromatic N) is 2. The minimum absolute atomic E-state index is 0.0156. The molecule has 1 aromatic heterocycles. The Labute approximate surface area is 83.7 Å². The number of imidazole rings is 1. The zero-order valence-electron chi connectivity index (χ0n) is 7.27. The normalized spacial score (nSPS) is 9.86. The van der Waals surface area contributed by atoms with E-state index in [9.17, 15) is 13.5 Å². The van der Waals surface area contributed by atoms with Crippen LogP contribution >= 0.6 is 12.3 Å². The molecule has 0 atom stereocenters. The lowest BCUT2D eigenvalue weighted by Gasteiger charge is -1.99. The van der Waals surface area contributed by atoms with Gasteiger partial charge in [-0.2, -0.15) is 0 Å². The molecular weight excluding hydrogens is 211 g/mol. The summed E-state index contributed by atoms with van der Waals surface area (Å²) < 4.78 is 17.7. The molecule has 0 amide bonds. The van der Waals surface area contributed by atoms with Crippen molar-refractivity contribution < 1.29 is 18.2 Å². The van der Waals surface area contributed by atoms with Gasteiger partial charge in [-0.05, 0) is 6.92 Å². The van der Waals surface area contributed by atoms with Gasteiger partial charge in [-0.1, -0.05) is 0 Å². The van der Waals surface area contributed by atoms with Gasteiger partial charge in [-0.3, -0.25) is 4.79 Å². The van der Waals surface area contributed by atoms with Crippen molar-refractivity contribution in [2.45, 2.75) is 6.92 Å². The average Bonchev–Trinajstić information content (AvgIpc) is 2.61. The molecule has 0 bridgehead atoms. The Balaban J connectivity index is 2.99. The van der Waals surface area contributed by atoms with E-state index in [2.05, 4.69) is 9.72 Å². The van der Waals surface area contributed by atoms with E-state index in [1.165, 1.54) is 0 Å². The molecule has 0 N–H and O–H groups in total.